The van der Waals surface area contributed by atoms with Crippen molar-refractivity contribution in [2.75, 3.05) is 6.61 Å². The predicted molar refractivity (Wildman–Crippen MR) is 102 cm³/mol. The number of nitrogens with zero attached hydrogens (tertiary/aromatic N) is 4. The Morgan fingerprint density at radius 3 is 2.96 bits per heavy atom. The van der Waals surface area contributed by atoms with Crippen molar-refractivity contribution in [3.63, 3.8) is 0 Å². The van der Waals surface area contributed by atoms with Gasteiger partial charge in [0.25, 0.3) is 0 Å². The maximum Gasteiger partial charge on any atom is 0.508 e. The van der Waals surface area contributed by atoms with Gasteiger partial charge in [0.1, 0.15) is 30.8 Å². The molecule has 9 heteroatoms. The topological polar surface area (TPSA) is 123 Å². The normalized spacial score (nSPS) is 29.2. The molecule has 1 saturated heterocycles. The highest BCUT2D eigenvalue weighted by atomic mass is 16.7. The quantitative estimate of drug-likeness (QED) is 0.719. The molecule has 2 heterocycles. The third kappa shape index (κ3) is 4.51. The molecule has 3 aliphatic rings. The van der Waals surface area contributed by atoms with Crippen LogP contribution in [0.25, 0.3) is 0 Å². The van der Waals surface area contributed by atoms with Gasteiger partial charge in [-0.3, -0.25) is 0 Å². The molecule has 0 bridgehead atoms. The van der Waals surface area contributed by atoms with Gasteiger partial charge < -0.3 is 19.9 Å². The summed E-state index contributed by atoms with van der Waals surface area (Å²) >= 11 is 0. The number of nitriles is 1. The molecule has 0 amide bonds. The highest BCUT2D eigenvalue weighted by molar-refractivity contribution is 6.01. The number of amidine groups is 1. The van der Waals surface area contributed by atoms with Gasteiger partial charge in [-0.05, 0) is 44.6 Å². The summed E-state index contributed by atoms with van der Waals surface area (Å²) < 4.78 is 16.5. The number of ether oxygens (including phenoxy) is 3. The molecular formula is C19H25N5O4. The van der Waals surface area contributed by atoms with E-state index in [1.807, 2.05) is 0 Å². The largest absolute Gasteiger partial charge is 0.508 e. The molecule has 0 aromatic heterocycles. The Balaban J connectivity index is 1.58. The van der Waals surface area contributed by atoms with Gasteiger partial charge in [-0.1, -0.05) is 19.1 Å². The standard InChI is InChI=1S/C19H25N5O4/c1-2-6-15-17(21)22-13-23-24(15)16-9-10-19(11-20,28-16)12-26-18(25)27-14-7-4-3-5-8-14/h2,6,13-14,16H,1,3-5,7-10,12H2,(H2,21,22,23)/b15-6-/t16-,19?/m1/s1. The van der Waals surface area contributed by atoms with E-state index >= 15 is 0 Å². The maximum absolute atomic E-state index is 12.0. The zero-order valence-electron chi connectivity index (χ0n) is 15.7. The Morgan fingerprint density at radius 2 is 2.25 bits per heavy atom. The van der Waals surface area contributed by atoms with Crippen LogP contribution in [0.2, 0.25) is 0 Å². The van der Waals surface area contributed by atoms with Gasteiger partial charge in [0, 0.05) is 0 Å². The smallest absolute Gasteiger partial charge is 0.431 e. The van der Waals surface area contributed by atoms with Crippen LogP contribution in [0.3, 0.4) is 0 Å². The van der Waals surface area contributed by atoms with E-state index in [4.69, 9.17) is 19.9 Å². The van der Waals surface area contributed by atoms with Gasteiger partial charge >= 0.3 is 6.16 Å². The first-order valence-corrected chi connectivity index (χ1v) is 9.47. The van der Waals surface area contributed by atoms with Crippen molar-refractivity contribution < 1.29 is 19.0 Å². The molecule has 2 atom stereocenters. The fourth-order valence-corrected chi connectivity index (χ4v) is 3.55. The molecule has 0 aromatic rings. The van der Waals surface area contributed by atoms with Gasteiger partial charge in [0.15, 0.2) is 17.7 Å². The number of hydrogen-bond acceptors (Lipinski definition) is 9. The summed E-state index contributed by atoms with van der Waals surface area (Å²) in [4.78, 5) is 16.0. The van der Waals surface area contributed by atoms with Gasteiger partial charge in [-0.15, -0.1) is 0 Å². The van der Waals surface area contributed by atoms with Crippen LogP contribution in [-0.4, -0.2) is 47.9 Å². The lowest BCUT2D eigenvalue weighted by molar-refractivity contribution is -0.0972. The average Bonchev–Trinajstić information content (AvgIpc) is 3.14. The minimum atomic E-state index is -1.26. The maximum atomic E-state index is 12.0. The first-order valence-electron chi connectivity index (χ1n) is 9.47. The lowest BCUT2D eigenvalue weighted by Gasteiger charge is -2.30. The molecule has 2 aliphatic heterocycles. The van der Waals surface area contributed by atoms with E-state index in [0.29, 0.717) is 18.5 Å². The number of nitrogens with two attached hydrogens (primary N) is 1. The van der Waals surface area contributed by atoms with Crippen LogP contribution in [0, 0.1) is 11.3 Å². The van der Waals surface area contributed by atoms with Crippen molar-refractivity contribution in [2.24, 2.45) is 15.8 Å². The van der Waals surface area contributed by atoms with E-state index in [9.17, 15) is 10.1 Å². The lowest BCUT2D eigenvalue weighted by atomic mass is 9.98. The molecule has 28 heavy (non-hydrogen) atoms. The molecule has 0 spiro atoms. The summed E-state index contributed by atoms with van der Waals surface area (Å²) in [7, 11) is 0. The zero-order chi connectivity index (χ0) is 20.0. The van der Waals surface area contributed by atoms with Crippen LogP contribution in [0.1, 0.15) is 44.9 Å². The van der Waals surface area contributed by atoms with Gasteiger partial charge in [0.05, 0.1) is 0 Å². The van der Waals surface area contributed by atoms with Crippen LogP contribution >= 0.6 is 0 Å². The second-order valence-corrected chi connectivity index (χ2v) is 7.01. The molecule has 2 fully saturated rings. The molecular weight excluding hydrogens is 362 g/mol. The van der Waals surface area contributed by atoms with Crippen molar-refractivity contribution in [3.8, 4) is 6.07 Å². The summed E-state index contributed by atoms with van der Waals surface area (Å²) in [5.41, 5.74) is 5.19. The summed E-state index contributed by atoms with van der Waals surface area (Å²) in [6, 6.07) is 2.13. The molecule has 150 valence electrons. The van der Waals surface area contributed by atoms with E-state index in [1.54, 1.807) is 17.2 Å². The minimum absolute atomic E-state index is 0.104. The second-order valence-electron chi connectivity index (χ2n) is 7.01. The third-order valence-corrected chi connectivity index (χ3v) is 5.03. The number of rotatable bonds is 5. The van der Waals surface area contributed by atoms with Crippen LogP contribution in [0.15, 0.2) is 34.5 Å². The molecule has 1 aliphatic carbocycles. The molecule has 0 radical (unpaired) electrons. The first kappa shape index (κ1) is 19.9. The SMILES string of the molecule is C=C/C=C1/C(N)=NC=NN1[C@H]1CCC(C#N)(COC(=O)OC2CCCCC2)O1. The fourth-order valence-electron chi connectivity index (χ4n) is 3.55. The van der Waals surface area contributed by atoms with E-state index in [0.717, 1.165) is 32.1 Å². The second kappa shape index (κ2) is 8.89. The highest BCUT2D eigenvalue weighted by Gasteiger charge is 2.45. The predicted octanol–water partition coefficient (Wildman–Crippen LogP) is 2.56. The van der Waals surface area contributed by atoms with E-state index in [1.165, 1.54) is 6.34 Å². The van der Waals surface area contributed by atoms with Crippen molar-refractivity contribution in [3.05, 3.63) is 24.4 Å². The Kier molecular flexibility index (Phi) is 6.31. The highest BCUT2D eigenvalue weighted by Crippen LogP contribution is 2.34. The molecule has 2 N–H and O–H groups in total. The van der Waals surface area contributed by atoms with Gasteiger partial charge in [-0.25, -0.2) is 14.8 Å². The lowest BCUT2D eigenvalue weighted by Crippen LogP contribution is -2.41. The Morgan fingerprint density at radius 1 is 1.46 bits per heavy atom. The molecule has 3 rings (SSSR count). The van der Waals surface area contributed by atoms with Gasteiger partial charge in [-0.2, -0.15) is 10.4 Å². The van der Waals surface area contributed by atoms with Crippen molar-refractivity contribution in [1.29, 1.82) is 5.26 Å². The van der Waals surface area contributed by atoms with E-state index in [-0.39, 0.29) is 18.5 Å². The fraction of sp³-hybridized carbons (Fsp3) is 0.579. The summed E-state index contributed by atoms with van der Waals surface area (Å²) in [5.74, 6) is 0.278. The van der Waals surface area contributed by atoms with Crippen molar-refractivity contribution >= 4 is 18.3 Å². The number of allylic oxidation sites excluding steroid dienone is 2. The average molecular weight is 387 g/mol. The molecule has 1 saturated carbocycles. The monoisotopic (exact) mass is 387 g/mol. The number of carbonyl (C=O) groups is 1. The summed E-state index contributed by atoms with van der Waals surface area (Å²) in [6.45, 7) is 3.46. The Labute approximate surface area is 164 Å². The van der Waals surface area contributed by atoms with Crippen LogP contribution < -0.4 is 5.73 Å². The van der Waals surface area contributed by atoms with E-state index < -0.39 is 18.0 Å². The number of hydrazone groups is 1. The van der Waals surface area contributed by atoms with Crippen LogP contribution in [0.4, 0.5) is 4.79 Å². The molecule has 0 aromatic carbocycles. The Hall–Kier alpha value is -2.86. The molecule has 1 unspecified atom stereocenters. The van der Waals surface area contributed by atoms with E-state index in [2.05, 4.69) is 22.7 Å². The summed E-state index contributed by atoms with van der Waals surface area (Å²) in [6.07, 6.45) is 9.03. The number of hydrogen-bond donors (Lipinski definition) is 1. The minimum Gasteiger partial charge on any atom is -0.431 e. The zero-order valence-corrected chi connectivity index (χ0v) is 15.7. The number of carbonyl (C=O) groups excluding carboxylic acids is 1. The van der Waals surface area contributed by atoms with Gasteiger partial charge in [0.2, 0.25) is 0 Å². The first-order chi connectivity index (χ1) is 13.6. The van der Waals surface area contributed by atoms with Crippen LogP contribution in [-0.2, 0) is 14.2 Å². The number of aliphatic imine (C=N–C) groups is 1. The summed E-state index contributed by atoms with van der Waals surface area (Å²) in [5, 5.41) is 15.4. The Bertz CT molecular complexity index is 735. The molecule has 9 nitrogen and oxygen atoms in total. The van der Waals surface area contributed by atoms with Crippen LogP contribution in [0.5, 0.6) is 0 Å². The van der Waals surface area contributed by atoms with Crippen molar-refractivity contribution in [2.45, 2.75) is 62.9 Å². The third-order valence-electron chi connectivity index (χ3n) is 5.03. The van der Waals surface area contributed by atoms with Crippen molar-refractivity contribution in [1.82, 2.24) is 5.01 Å².